The van der Waals surface area contributed by atoms with E-state index in [1.54, 1.807) is 0 Å². The third-order valence-corrected chi connectivity index (χ3v) is 11.7. The lowest BCUT2D eigenvalue weighted by molar-refractivity contribution is 0.590. The van der Waals surface area contributed by atoms with Gasteiger partial charge in [0, 0.05) is 20.2 Å². The fraction of sp³-hybridized carbons (Fsp3) is 0.0833. The van der Waals surface area contributed by atoms with Gasteiger partial charge in [0.25, 0.3) is 0 Å². The summed E-state index contributed by atoms with van der Waals surface area (Å²) >= 11 is 1.90. The van der Waals surface area contributed by atoms with Crippen molar-refractivity contribution in [1.82, 2.24) is 0 Å². The number of thiophene rings is 1. The van der Waals surface area contributed by atoms with E-state index in [2.05, 4.69) is 172 Å². The third-order valence-electron chi connectivity index (χ3n) is 10.6. The lowest BCUT2D eigenvalue weighted by atomic mass is 9.85. The van der Waals surface area contributed by atoms with Gasteiger partial charge >= 0.3 is 0 Å². The van der Waals surface area contributed by atoms with Crippen molar-refractivity contribution in [2.45, 2.75) is 26.2 Å². The third kappa shape index (κ3) is 4.43. The lowest BCUT2D eigenvalue weighted by Gasteiger charge is -2.20. The molecular weight excluding hydrogens is 609 g/mol. The summed E-state index contributed by atoms with van der Waals surface area (Å²) in [6.45, 7) is 6.83. The first-order chi connectivity index (χ1) is 23.9. The maximum Gasteiger partial charge on any atom is 0.0361 e. The molecule has 0 spiro atoms. The van der Waals surface area contributed by atoms with Crippen LogP contribution in [0.3, 0.4) is 0 Å². The van der Waals surface area contributed by atoms with Crippen molar-refractivity contribution in [1.29, 1.82) is 0 Å². The summed E-state index contributed by atoms with van der Waals surface area (Å²) < 4.78 is 2.66. The fourth-order valence-corrected chi connectivity index (χ4v) is 9.23. The van der Waals surface area contributed by atoms with Crippen LogP contribution in [-0.2, 0) is 5.41 Å². The zero-order valence-corrected chi connectivity index (χ0v) is 28.7. The molecular formula is C48H34S. The van der Waals surface area contributed by atoms with Gasteiger partial charge in [-0.1, -0.05) is 160 Å². The van der Waals surface area contributed by atoms with E-state index >= 15 is 0 Å². The number of fused-ring (bicyclic) bond motifs is 4. The van der Waals surface area contributed by atoms with Gasteiger partial charge < -0.3 is 0 Å². The van der Waals surface area contributed by atoms with E-state index in [1.165, 1.54) is 102 Å². The van der Waals surface area contributed by atoms with Crippen LogP contribution < -0.4 is 0 Å². The number of hydrogen-bond acceptors (Lipinski definition) is 1. The first-order valence-corrected chi connectivity index (χ1v) is 18.0. The van der Waals surface area contributed by atoms with Gasteiger partial charge in [0.05, 0.1) is 0 Å². The predicted octanol–water partition coefficient (Wildman–Crippen LogP) is 14.4. The molecule has 0 saturated carbocycles. The molecule has 0 amide bonds. The molecule has 0 aliphatic rings. The number of rotatable bonds is 3. The van der Waals surface area contributed by atoms with Gasteiger partial charge in [0.1, 0.15) is 0 Å². The summed E-state index contributed by atoms with van der Waals surface area (Å²) in [6, 6.07) is 57.0. The van der Waals surface area contributed by atoms with Gasteiger partial charge in [-0.15, -0.1) is 11.3 Å². The van der Waals surface area contributed by atoms with Gasteiger partial charge in [-0.05, 0) is 99.6 Å². The molecule has 0 unspecified atom stereocenters. The Morgan fingerprint density at radius 2 is 0.857 bits per heavy atom. The van der Waals surface area contributed by atoms with Crippen LogP contribution in [0.1, 0.15) is 26.3 Å². The molecule has 1 aromatic heterocycles. The Balaban J connectivity index is 1.11. The minimum atomic E-state index is 0.136. The lowest BCUT2D eigenvalue weighted by Crippen LogP contribution is -2.10. The summed E-state index contributed by atoms with van der Waals surface area (Å²) in [6.07, 6.45) is 0. The molecule has 0 saturated heterocycles. The van der Waals surface area contributed by atoms with E-state index in [4.69, 9.17) is 0 Å². The normalized spacial score (nSPS) is 12.4. The molecule has 0 aliphatic heterocycles. The fourth-order valence-electron chi connectivity index (χ4n) is 8.04. The minimum absolute atomic E-state index is 0.136. The number of hydrogen-bond donors (Lipinski definition) is 0. The first kappa shape index (κ1) is 28.5. The molecule has 0 N–H and O–H groups in total. The van der Waals surface area contributed by atoms with Gasteiger partial charge in [0.15, 0.2) is 0 Å². The van der Waals surface area contributed by atoms with E-state index < -0.39 is 0 Å². The molecule has 0 radical (unpaired) electrons. The molecule has 49 heavy (non-hydrogen) atoms. The van der Waals surface area contributed by atoms with Crippen molar-refractivity contribution in [3.63, 3.8) is 0 Å². The maximum absolute atomic E-state index is 2.41. The molecule has 232 valence electrons. The Morgan fingerprint density at radius 1 is 0.367 bits per heavy atom. The van der Waals surface area contributed by atoms with Crippen LogP contribution >= 0.6 is 11.3 Å². The van der Waals surface area contributed by atoms with Crippen molar-refractivity contribution in [3.05, 3.63) is 157 Å². The molecule has 0 fully saturated rings. The van der Waals surface area contributed by atoms with E-state index in [-0.39, 0.29) is 5.41 Å². The zero-order chi connectivity index (χ0) is 32.9. The average Bonchev–Trinajstić information content (AvgIpc) is 3.50. The van der Waals surface area contributed by atoms with Gasteiger partial charge in [-0.2, -0.15) is 0 Å². The van der Waals surface area contributed by atoms with Crippen LogP contribution in [0.4, 0.5) is 0 Å². The molecule has 10 aromatic rings. The monoisotopic (exact) mass is 642 g/mol. The Morgan fingerprint density at radius 3 is 1.47 bits per heavy atom. The van der Waals surface area contributed by atoms with Crippen LogP contribution in [-0.4, -0.2) is 0 Å². The second-order valence-electron chi connectivity index (χ2n) is 14.5. The van der Waals surface area contributed by atoms with Crippen LogP contribution in [0, 0.1) is 0 Å². The highest BCUT2D eigenvalue weighted by molar-refractivity contribution is 7.25. The van der Waals surface area contributed by atoms with Crippen molar-refractivity contribution >= 4 is 74.6 Å². The standard InChI is InChI=1S/C48H34S/c1-48(2,3)35-19-11-30(12-20-35)38-21-13-31-16-26-43-39(22-14-32-15-25-42(38)46(31)47(32)43)34-18-24-41-40-23-17-33(27-44(40)49-45(41)28-34)37-10-6-8-29-7-4-5-9-36(29)37/h4-28H,1-3H3. The van der Waals surface area contributed by atoms with E-state index in [9.17, 15) is 0 Å². The molecule has 0 bridgehead atoms. The quantitative estimate of drug-likeness (QED) is 0.168. The minimum Gasteiger partial charge on any atom is -0.135 e. The average molecular weight is 643 g/mol. The Labute approximate surface area is 290 Å². The van der Waals surface area contributed by atoms with Crippen LogP contribution in [0.25, 0.3) is 96.6 Å². The first-order valence-electron chi connectivity index (χ1n) is 17.2. The molecule has 9 aromatic carbocycles. The Hall–Kier alpha value is -5.50. The van der Waals surface area contributed by atoms with Crippen molar-refractivity contribution in [2.24, 2.45) is 0 Å². The molecule has 0 nitrogen and oxygen atoms in total. The second kappa shape index (κ2) is 10.5. The summed E-state index contributed by atoms with van der Waals surface area (Å²) in [5.74, 6) is 0. The highest BCUT2D eigenvalue weighted by Crippen LogP contribution is 2.44. The van der Waals surface area contributed by atoms with Gasteiger partial charge in [-0.25, -0.2) is 0 Å². The van der Waals surface area contributed by atoms with Crippen LogP contribution in [0.2, 0.25) is 0 Å². The highest BCUT2D eigenvalue weighted by atomic mass is 32.1. The van der Waals surface area contributed by atoms with E-state index in [0.717, 1.165) is 0 Å². The summed E-state index contributed by atoms with van der Waals surface area (Å²) in [4.78, 5) is 0. The van der Waals surface area contributed by atoms with E-state index in [1.807, 2.05) is 11.3 Å². The van der Waals surface area contributed by atoms with Crippen molar-refractivity contribution < 1.29 is 0 Å². The van der Waals surface area contributed by atoms with E-state index in [0.29, 0.717) is 0 Å². The van der Waals surface area contributed by atoms with Gasteiger partial charge in [0.2, 0.25) is 0 Å². The summed E-state index contributed by atoms with van der Waals surface area (Å²) in [5.41, 5.74) is 9.18. The predicted molar refractivity (Wildman–Crippen MR) is 216 cm³/mol. The van der Waals surface area contributed by atoms with Crippen LogP contribution in [0.15, 0.2) is 152 Å². The second-order valence-corrected chi connectivity index (χ2v) is 15.6. The number of benzene rings is 9. The topological polar surface area (TPSA) is 0 Å². The summed E-state index contributed by atoms with van der Waals surface area (Å²) in [7, 11) is 0. The van der Waals surface area contributed by atoms with Crippen LogP contribution in [0.5, 0.6) is 0 Å². The largest absolute Gasteiger partial charge is 0.135 e. The molecule has 10 rings (SSSR count). The zero-order valence-electron chi connectivity index (χ0n) is 27.8. The van der Waals surface area contributed by atoms with Crippen molar-refractivity contribution in [3.8, 4) is 33.4 Å². The Kier molecular flexibility index (Phi) is 6.11. The molecule has 0 aliphatic carbocycles. The van der Waals surface area contributed by atoms with Gasteiger partial charge in [-0.3, -0.25) is 0 Å². The maximum atomic E-state index is 2.41. The Bertz CT molecular complexity index is 2890. The molecule has 0 atom stereocenters. The smallest absolute Gasteiger partial charge is 0.0361 e. The summed E-state index contributed by atoms with van der Waals surface area (Å²) in [5, 5.41) is 13.2. The SMILES string of the molecule is CC(C)(C)c1ccc(-c2ccc3ccc4c(-c5ccc6c(c5)sc5cc(-c7cccc8ccccc78)ccc56)ccc5ccc2c3c54)cc1. The van der Waals surface area contributed by atoms with Crippen molar-refractivity contribution in [2.75, 3.05) is 0 Å². The molecule has 1 heterocycles. The molecule has 1 heteroatoms. The highest BCUT2D eigenvalue weighted by Gasteiger charge is 2.17.